The molecule has 0 spiro atoms. The van der Waals surface area contributed by atoms with Crippen LogP contribution in [0.15, 0.2) is 36.4 Å². The van der Waals surface area contributed by atoms with Crippen molar-refractivity contribution in [3.63, 3.8) is 0 Å². The summed E-state index contributed by atoms with van der Waals surface area (Å²) in [7, 11) is 0. The smallest absolute Gasteiger partial charge is 0.295 e. The van der Waals surface area contributed by atoms with Crippen molar-refractivity contribution in [3.8, 4) is 0 Å². The summed E-state index contributed by atoms with van der Waals surface area (Å²) in [5, 5.41) is 14.4. The second kappa shape index (κ2) is 6.28. The third-order valence-corrected chi connectivity index (χ3v) is 3.83. The van der Waals surface area contributed by atoms with Crippen LogP contribution in [0.4, 0.5) is 15.8 Å². The van der Waals surface area contributed by atoms with Crippen LogP contribution in [0.5, 0.6) is 0 Å². The molecule has 4 nitrogen and oxygen atoms in total. The Morgan fingerprint density at radius 1 is 1.24 bits per heavy atom. The lowest BCUT2D eigenvalue weighted by molar-refractivity contribution is -0.384. The van der Waals surface area contributed by atoms with Gasteiger partial charge in [0, 0.05) is 6.07 Å². The lowest BCUT2D eigenvalue weighted by atomic mass is 10.1. The first kappa shape index (κ1) is 15.5. The standard InChI is InChI=1S/C14H11Cl2FN2O2/c1-8(9-4-2-5-10(15)13(9)16)18-14-11(17)6-3-7-12(14)19(20)21/h2-8,18H,1H3. The van der Waals surface area contributed by atoms with Crippen LogP contribution in [0.25, 0.3) is 0 Å². The summed E-state index contributed by atoms with van der Waals surface area (Å²) in [5.41, 5.74) is 0.118. The highest BCUT2D eigenvalue weighted by molar-refractivity contribution is 6.42. The molecule has 0 aliphatic carbocycles. The molecule has 0 fully saturated rings. The lowest BCUT2D eigenvalue weighted by Crippen LogP contribution is -2.10. The van der Waals surface area contributed by atoms with E-state index >= 15 is 0 Å². The van der Waals surface area contributed by atoms with Crippen molar-refractivity contribution in [2.24, 2.45) is 0 Å². The highest BCUT2D eigenvalue weighted by Crippen LogP contribution is 2.34. The summed E-state index contributed by atoms with van der Waals surface area (Å²) in [5.74, 6) is -0.700. The van der Waals surface area contributed by atoms with Gasteiger partial charge in [-0.3, -0.25) is 10.1 Å². The van der Waals surface area contributed by atoms with E-state index in [2.05, 4.69) is 5.32 Å². The van der Waals surface area contributed by atoms with Crippen molar-refractivity contribution in [2.75, 3.05) is 5.32 Å². The number of nitro benzene ring substituents is 1. The van der Waals surface area contributed by atoms with Gasteiger partial charge in [0.25, 0.3) is 5.69 Å². The number of benzene rings is 2. The third-order valence-electron chi connectivity index (χ3n) is 3.00. The Labute approximate surface area is 130 Å². The van der Waals surface area contributed by atoms with E-state index in [1.54, 1.807) is 25.1 Å². The van der Waals surface area contributed by atoms with Crippen molar-refractivity contribution in [3.05, 3.63) is 67.9 Å². The fourth-order valence-corrected chi connectivity index (χ4v) is 2.43. The minimum Gasteiger partial charge on any atom is -0.371 e. The van der Waals surface area contributed by atoms with Gasteiger partial charge in [-0.2, -0.15) is 0 Å². The number of nitro groups is 1. The molecule has 2 rings (SSSR count). The minimum atomic E-state index is -0.700. The van der Waals surface area contributed by atoms with Crippen LogP contribution in [0, 0.1) is 15.9 Å². The van der Waals surface area contributed by atoms with Crippen LogP contribution in [0.2, 0.25) is 10.0 Å². The molecule has 0 aromatic heterocycles. The largest absolute Gasteiger partial charge is 0.371 e. The summed E-state index contributed by atoms with van der Waals surface area (Å²) in [6.07, 6.45) is 0. The van der Waals surface area contributed by atoms with E-state index in [1.807, 2.05) is 0 Å². The number of rotatable bonds is 4. The zero-order chi connectivity index (χ0) is 15.6. The molecule has 2 aromatic rings. The summed E-state index contributed by atoms with van der Waals surface area (Å²) in [6, 6.07) is 8.28. The van der Waals surface area contributed by atoms with Gasteiger partial charge in [0.05, 0.1) is 21.0 Å². The van der Waals surface area contributed by atoms with Crippen LogP contribution >= 0.6 is 23.2 Å². The molecule has 0 aliphatic heterocycles. The molecular weight excluding hydrogens is 318 g/mol. The van der Waals surface area contributed by atoms with Gasteiger partial charge in [-0.05, 0) is 24.6 Å². The number of nitrogens with zero attached hydrogens (tertiary/aromatic N) is 1. The van der Waals surface area contributed by atoms with Gasteiger partial charge in [0.2, 0.25) is 0 Å². The number of hydrogen-bond donors (Lipinski definition) is 1. The van der Waals surface area contributed by atoms with Crippen molar-refractivity contribution in [2.45, 2.75) is 13.0 Å². The normalized spacial score (nSPS) is 12.0. The summed E-state index contributed by atoms with van der Waals surface area (Å²) >= 11 is 12.0. The predicted octanol–water partition coefficient (Wildman–Crippen LogP) is 5.21. The third kappa shape index (κ3) is 3.25. The molecule has 21 heavy (non-hydrogen) atoms. The van der Waals surface area contributed by atoms with E-state index < -0.39 is 16.8 Å². The zero-order valence-electron chi connectivity index (χ0n) is 10.9. The van der Waals surface area contributed by atoms with Gasteiger partial charge >= 0.3 is 0 Å². The Bertz CT molecular complexity index is 695. The van der Waals surface area contributed by atoms with E-state index in [4.69, 9.17) is 23.2 Å². The molecule has 1 N–H and O–H groups in total. The summed E-state index contributed by atoms with van der Waals surface area (Å²) in [4.78, 5) is 10.3. The minimum absolute atomic E-state index is 0.175. The molecule has 0 heterocycles. The number of anilines is 1. The Kier molecular flexibility index (Phi) is 4.65. The molecule has 0 aliphatic rings. The van der Waals surface area contributed by atoms with E-state index in [0.717, 1.165) is 6.07 Å². The quantitative estimate of drug-likeness (QED) is 0.618. The predicted molar refractivity (Wildman–Crippen MR) is 81.6 cm³/mol. The first-order chi connectivity index (χ1) is 9.91. The number of halogens is 3. The van der Waals surface area contributed by atoms with E-state index in [0.29, 0.717) is 15.6 Å². The SMILES string of the molecule is CC(Nc1c(F)cccc1[N+](=O)[O-])c1cccc(Cl)c1Cl. The average molecular weight is 329 g/mol. The van der Waals surface area contributed by atoms with Crippen LogP contribution in [0.1, 0.15) is 18.5 Å². The molecule has 0 saturated carbocycles. The van der Waals surface area contributed by atoms with Crippen LogP contribution in [0.3, 0.4) is 0 Å². The molecule has 2 aromatic carbocycles. The van der Waals surface area contributed by atoms with Crippen molar-refractivity contribution in [1.82, 2.24) is 0 Å². The molecular formula is C14H11Cl2FN2O2. The fraction of sp³-hybridized carbons (Fsp3) is 0.143. The zero-order valence-corrected chi connectivity index (χ0v) is 12.5. The monoisotopic (exact) mass is 328 g/mol. The van der Waals surface area contributed by atoms with E-state index in [-0.39, 0.29) is 11.4 Å². The fourth-order valence-electron chi connectivity index (χ4n) is 1.96. The molecule has 0 amide bonds. The first-order valence-electron chi connectivity index (χ1n) is 6.05. The maximum Gasteiger partial charge on any atom is 0.295 e. The van der Waals surface area contributed by atoms with Gasteiger partial charge in [0.1, 0.15) is 5.69 Å². The molecule has 1 atom stereocenters. The van der Waals surface area contributed by atoms with Gasteiger partial charge < -0.3 is 5.32 Å². The van der Waals surface area contributed by atoms with Crippen molar-refractivity contribution >= 4 is 34.6 Å². The number of hydrogen-bond acceptors (Lipinski definition) is 3. The lowest BCUT2D eigenvalue weighted by Gasteiger charge is -2.18. The Morgan fingerprint density at radius 3 is 2.57 bits per heavy atom. The summed E-state index contributed by atoms with van der Waals surface area (Å²) < 4.78 is 13.8. The Balaban J connectivity index is 2.38. The Hall–Kier alpha value is -1.85. The topological polar surface area (TPSA) is 55.2 Å². The second-order valence-electron chi connectivity index (χ2n) is 4.40. The van der Waals surface area contributed by atoms with Crippen molar-refractivity contribution < 1.29 is 9.31 Å². The van der Waals surface area contributed by atoms with Gasteiger partial charge in [-0.15, -0.1) is 0 Å². The van der Waals surface area contributed by atoms with Gasteiger partial charge in [-0.1, -0.05) is 41.4 Å². The van der Waals surface area contributed by atoms with Crippen molar-refractivity contribution in [1.29, 1.82) is 0 Å². The molecule has 0 radical (unpaired) electrons. The summed E-state index contributed by atoms with van der Waals surface area (Å²) in [6.45, 7) is 1.72. The highest BCUT2D eigenvalue weighted by Gasteiger charge is 2.21. The van der Waals surface area contributed by atoms with Crippen LogP contribution in [-0.4, -0.2) is 4.92 Å². The Morgan fingerprint density at radius 2 is 1.90 bits per heavy atom. The van der Waals surface area contributed by atoms with E-state index in [9.17, 15) is 14.5 Å². The maximum atomic E-state index is 13.8. The van der Waals surface area contributed by atoms with Gasteiger partial charge in [-0.25, -0.2) is 4.39 Å². The molecule has 1 unspecified atom stereocenters. The number of nitrogens with one attached hydrogen (secondary N) is 1. The van der Waals surface area contributed by atoms with Gasteiger partial charge in [0.15, 0.2) is 5.82 Å². The van der Waals surface area contributed by atoms with Crippen LogP contribution < -0.4 is 5.32 Å². The average Bonchev–Trinajstić information content (AvgIpc) is 2.43. The molecule has 0 saturated heterocycles. The first-order valence-corrected chi connectivity index (χ1v) is 6.80. The molecule has 0 bridgehead atoms. The number of para-hydroxylation sites is 1. The highest BCUT2D eigenvalue weighted by atomic mass is 35.5. The van der Waals surface area contributed by atoms with E-state index in [1.165, 1.54) is 12.1 Å². The second-order valence-corrected chi connectivity index (χ2v) is 5.19. The van der Waals surface area contributed by atoms with Crippen LogP contribution in [-0.2, 0) is 0 Å². The molecule has 7 heteroatoms. The maximum absolute atomic E-state index is 13.8. The molecule has 110 valence electrons.